The fourth-order valence-corrected chi connectivity index (χ4v) is 5.15. The van der Waals surface area contributed by atoms with E-state index in [9.17, 15) is 19.1 Å². The minimum Gasteiger partial charge on any atom is -0.375 e. The molecule has 2 aromatic rings. The van der Waals surface area contributed by atoms with E-state index in [2.05, 4.69) is 20.8 Å². The number of anilines is 1. The first-order chi connectivity index (χ1) is 14.7. The van der Waals surface area contributed by atoms with Crippen molar-refractivity contribution in [3.05, 3.63) is 65.5 Å². The van der Waals surface area contributed by atoms with Crippen molar-refractivity contribution in [2.75, 3.05) is 4.90 Å². The van der Waals surface area contributed by atoms with Crippen LogP contribution in [-0.4, -0.2) is 16.8 Å². The van der Waals surface area contributed by atoms with Crippen molar-refractivity contribution in [2.45, 2.75) is 58.6 Å². The lowest BCUT2D eigenvalue weighted by Gasteiger charge is -2.42. The predicted molar refractivity (Wildman–Crippen MR) is 118 cm³/mol. The Bertz CT molecular complexity index is 1000. The second-order valence-electron chi connectivity index (χ2n) is 9.63. The third kappa shape index (κ3) is 3.59. The summed E-state index contributed by atoms with van der Waals surface area (Å²) in [6.45, 7) is 6.74. The number of para-hydroxylation sites is 1. The van der Waals surface area contributed by atoms with Gasteiger partial charge < -0.3 is 10.0 Å². The lowest BCUT2D eigenvalue weighted by atomic mass is 9.62. The van der Waals surface area contributed by atoms with E-state index in [-0.39, 0.29) is 29.5 Å². The minimum atomic E-state index is -1.86. The first kappa shape index (κ1) is 21.7. The van der Waals surface area contributed by atoms with Crippen LogP contribution in [0.25, 0.3) is 0 Å². The Kier molecular flexibility index (Phi) is 5.50. The Hall–Kier alpha value is -2.53. The number of carbonyl (C=O) groups is 2. The van der Waals surface area contributed by atoms with Gasteiger partial charge in [-0.15, -0.1) is 0 Å². The van der Waals surface area contributed by atoms with Crippen LogP contribution in [0.5, 0.6) is 0 Å². The van der Waals surface area contributed by atoms with Crippen molar-refractivity contribution in [1.29, 1.82) is 0 Å². The highest BCUT2D eigenvalue weighted by Crippen LogP contribution is 2.51. The Balaban J connectivity index is 1.72. The fourth-order valence-electron chi connectivity index (χ4n) is 5.15. The number of hydrogen-bond acceptors (Lipinski definition) is 3. The van der Waals surface area contributed by atoms with Gasteiger partial charge in [0.2, 0.25) is 0 Å². The Morgan fingerprint density at radius 2 is 1.81 bits per heavy atom. The van der Waals surface area contributed by atoms with Crippen molar-refractivity contribution in [3.63, 3.8) is 0 Å². The smallest absolute Gasteiger partial charge is 0.264 e. The van der Waals surface area contributed by atoms with Crippen LogP contribution in [-0.2, 0) is 21.7 Å². The van der Waals surface area contributed by atoms with E-state index in [0.29, 0.717) is 24.1 Å². The van der Waals surface area contributed by atoms with E-state index in [0.717, 1.165) is 18.4 Å². The highest BCUT2D eigenvalue weighted by Gasteiger charge is 2.58. The molecule has 0 aromatic heterocycles. The van der Waals surface area contributed by atoms with Crippen molar-refractivity contribution < 1.29 is 19.1 Å². The van der Waals surface area contributed by atoms with Gasteiger partial charge in [0, 0.05) is 12.0 Å². The number of halogens is 1. The second kappa shape index (κ2) is 7.86. The molecule has 1 aliphatic heterocycles. The van der Waals surface area contributed by atoms with Gasteiger partial charge in [-0.3, -0.25) is 9.59 Å². The van der Waals surface area contributed by atoms with Gasteiger partial charge in [-0.05, 0) is 47.9 Å². The van der Waals surface area contributed by atoms with E-state index >= 15 is 0 Å². The van der Waals surface area contributed by atoms with Crippen LogP contribution in [0.2, 0.25) is 0 Å². The number of amides is 1. The first-order valence-electron chi connectivity index (χ1n) is 11.1. The molecule has 5 heteroatoms. The topological polar surface area (TPSA) is 57.6 Å². The maximum absolute atomic E-state index is 13.7. The highest BCUT2D eigenvalue weighted by molar-refractivity contribution is 6.09. The lowest BCUT2D eigenvalue weighted by molar-refractivity contribution is -0.155. The third-order valence-electron chi connectivity index (χ3n) is 7.60. The van der Waals surface area contributed by atoms with Crippen LogP contribution < -0.4 is 4.90 Å². The molecule has 1 fully saturated rings. The minimum absolute atomic E-state index is 0.0320. The molecule has 0 spiro atoms. The summed E-state index contributed by atoms with van der Waals surface area (Å²) in [4.78, 5) is 28.2. The maximum atomic E-state index is 13.7. The Morgan fingerprint density at radius 1 is 1.13 bits per heavy atom. The van der Waals surface area contributed by atoms with Gasteiger partial charge in [0.1, 0.15) is 11.6 Å². The summed E-state index contributed by atoms with van der Waals surface area (Å²) in [5.74, 6) is -1.35. The summed E-state index contributed by atoms with van der Waals surface area (Å²) in [6.07, 6.45) is 2.65. The molecule has 0 unspecified atom stereocenters. The van der Waals surface area contributed by atoms with Gasteiger partial charge in [0.05, 0.1) is 18.2 Å². The zero-order chi connectivity index (χ0) is 22.4. The molecule has 4 nitrogen and oxygen atoms in total. The number of carbonyl (C=O) groups excluding carboxylic acids is 2. The van der Waals surface area contributed by atoms with Gasteiger partial charge in [-0.25, -0.2) is 4.39 Å². The first-order valence-corrected chi connectivity index (χ1v) is 11.1. The molecule has 1 saturated carbocycles. The summed E-state index contributed by atoms with van der Waals surface area (Å²) in [5, 5.41) is 11.9. The lowest BCUT2D eigenvalue weighted by Crippen LogP contribution is -2.51. The summed E-state index contributed by atoms with van der Waals surface area (Å²) in [6, 6.07) is 13.1. The molecule has 2 aliphatic rings. The van der Waals surface area contributed by atoms with Crippen molar-refractivity contribution in [3.8, 4) is 0 Å². The quantitative estimate of drug-likeness (QED) is 0.738. The van der Waals surface area contributed by atoms with Gasteiger partial charge in [0.15, 0.2) is 5.60 Å². The van der Waals surface area contributed by atoms with Crippen LogP contribution in [0, 0.1) is 23.1 Å². The molecule has 4 rings (SSSR count). The van der Waals surface area contributed by atoms with Gasteiger partial charge >= 0.3 is 0 Å². The number of aliphatic hydroxyl groups is 1. The average Bonchev–Trinajstić information content (AvgIpc) is 2.98. The molecule has 164 valence electrons. The monoisotopic (exact) mass is 423 g/mol. The van der Waals surface area contributed by atoms with E-state index in [1.807, 2.05) is 6.07 Å². The number of ketones is 1. The molecule has 1 N–H and O–H groups in total. The highest BCUT2D eigenvalue weighted by atomic mass is 19.1. The Labute approximate surface area is 183 Å². The third-order valence-corrected chi connectivity index (χ3v) is 7.60. The number of fused-ring (bicyclic) bond motifs is 1. The number of Topliss-reactive ketones (excluding diaryl/α,β-unsaturated/α-hetero) is 1. The summed E-state index contributed by atoms with van der Waals surface area (Å²) in [5.41, 5.74) is 0.0358. The SMILES string of the molecule is CCC(C)(C)[C@@H]1CCC(=O)[C@@H]([C@@]2(O)C(=O)N(Cc3ccc(F)cc3)c3ccccc32)C1. The molecule has 3 atom stereocenters. The number of rotatable bonds is 5. The molecule has 31 heavy (non-hydrogen) atoms. The standard InChI is InChI=1S/C26H30FNO3/c1-4-25(2,3)18-11-14-23(29)21(15-18)26(31)20-7-5-6-8-22(20)28(24(26)30)16-17-9-12-19(27)13-10-17/h5-10,12-13,18,21,31H,4,11,14-16H2,1-3H3/t18-,21+,26-/m1/s1. The fraction of sp³-hybridized carbons (Fsp3) is 0.462. The molecule has 2 aromatic carbocycles. The molecule has 1 amide bonds. The number of nitrogens with zero attached hydrogens (tertiary/aromatic N) is 1. The van der Waals surface area contributed by atoms with Crippen LogP contribution in [0.1, 0.15) is 57.6 Å². The van der Waals surface area contributed by atoms with E-state index in [1.54, 1.807) is 30.3 Å². The average molecular weight is 424 g/mol. The van der Waals surface area contributed by atoms with Gasteiger partial charge in [-0.1, -0.05) is 57.5 Å². The van der Waals surface area contributed by atoms with Crippen molar-refractivity contribution in [1.82, 2.24) is 0 Å². The van der Waals surface area contributed by atoms with Crippen LogP contribution in [0.3, 0.4) is 0 Å². The number of hydrogen-bond donors (Lipinski definition) is 1. The zero-order valence-corrected chi connectivity index (χ0v) is 18.4. The van der Waals surface area contributed by atoms with E-state index in [4.69, 9.17) is 0 Å². The maximum Gasteiger partial charge on any atom is 0.264 e. The second-order valence-corrected chi connectivity index (χ2v) is 9.63. The van der Waals surface area contributed by atoms with E-state index in [1.165, 1.54) is 17.0 Å². The van der Waals surface area contributed by atoms with Crippen LogP contribution in [0.4, 0.5) is 10.1 Å². The van der Waals surface area contributed by atoms with Gasteiger partial charge in [-0.2, -0.15) is 0 Å². The summed E-state index contributed by atoms with van der Waals surface area (Å²) >= 11 is 0. The molecular formula is C26H30FNO3. The normalized spacial score (nSPS) is 26.3. The molecular weight excluding hydrogens is 393 g/mol. The molecule has 1 aliphatic carbocycles. The summed E-state index contributed by atoms with van der Waals surface area (Å²) < 4.78 is 13.3. The molecule has 0 radical (unpaired) electrons. The van der Waals surface area contributed by atoms with Crippen molar-refractivity contribution >= 4 is 17.4 Å². The molecule has 0 saturated heterocycles. The van der Waals surface area contributed by atoms with Crippen molar-refractivity contribution in [2.24, 2.45) is 17.3 Å². The summed E-state index contributed by atoms with van der Waals surface area (Å²) in [7, 11) is 0. The predicted octanol–water partition coefficient (Wildman–Crippen LogP) is 4.98. The van der Waals surface area contributed by atoms with Gasteiger partial charge in [0.25, 0.3) is 5.91 Å². The number of benzene rings is 2. The Morgan fingerprint density at radius 3 is 2.48 bits per heavy atom. The molecule has 0 bridgehead atoms. The molecule has 1 heterocycles. The zero-order valence-electron chi connectivity index (χ0n) is 18.4. The van der Waals surface area contributed by atoms with E-state index < -0.39 is 17.4 Å². The van der Waals surface area contributed by atoms with Crippen LogP contribution in [0.15, 0.2) is 48.5 Å². The largest absolute Gasteiger partial charge is 0.375 e. The van der Waals surface area contributed by atoms with Crippen LogP contribution >= 0.6 is 0 Å².